The van der Waals surface area contributed by atoms with E-state index in [0.29, 0.717) is 12.3 Å². The van der Waals surface area contributed by atoms with Gasteiger partial charge in [-0.3, -0.25) is 25.8 Å². The number of nitrogens with zero attached hydrogens (tertiary/aromatic N) is 1. The fraction of sp³-hybridized carbons (Fsp3) is 0.467. The molecule has 4 N–H and O–H groups in total. The molecule has 10 heteroatoms. The second kappa shape index (κ2) is 8.58. The largest absolute Gasteiger partial charge is 0.383 e. The molecule has 9 nitrogen and oxygen atoms in total. The highest BCUT2D eigenvalue weighted by atomic mass is 32.1. The minimum Gasteiger partial charge on any atom is -0.383 e. The zero-order valence-electron chi connectivity index (χ0n) is 14.0. The van der Waals surface area contributed by atoms with E-state index in [1.165, 1.54) is 12.1 Å². The zero-order valence-corrected chi connectivity index (χ0v) is 14.8. The Morgan fingerprint density at radius 1 is 1.44 bits per heavy atom. The number of ether oxygens (including phenoxy) is 1. The SMILES string of the molecule is COC[C@@H](C)NC(=S)NNC(=O)c1ccc(NC2CC2)c([N+](=O)[O-])c1. The van der Waals surface area contributed by atoms with Crippen molar-refractivity contribution in [2.45, 2.75) is 31.8 Å². The quantitative estimate of drug-likeness (QED) is 0.324. The number of rotatable bonds is 7. The van der Waals surface area contributed by atoms with Crippen LogP contribution in [0, 0.1) is 10.1 Å². The smallest absolute Gasteiger partial charge is 0.293 e. The van der Waals surface area contributed by atoms with Gasteiger partial charge in [0.2, 0.25) is 0 Å². The van der Waals surface area contributed by atoms with Crippen LogP contribution in [0.15, 0.2) is 18.2 Å². The molecule has 0 saturated heterocycles. The van der Waals surface area contributed by atoms with Crippen LogP contribution in [0.2, 0.25) is 0 Å². The summed E-state index contributed by atoms with van der Waals surface area (Å²) in [4.78, 5) is 22.9. The Morgan fingerprint density at radius 2 is 2.16 bits per heavy atom. The van der Waals surface area contributed by atoms with E-state index in [9.17, 15) is 14.9 Å². The van der Waals surface area contributed by atoms with Crippen molar-refractivity contribution in [1.82, 2.24) is 16.2 Å². The lowest BCUT2D eigenvalue weighted by Crippen LogP contribution is -2.49. The summed E-state index contributed by atoms with van der Waals surface area (Å²) in [6.45, 7) is 2.33. The fourth-order valence-electron chi connectivity index (χ4n) is 2.13. The molecule has 0 bridgehead atoms. The highest BCUT2D eigenvalue weighted by molar-refractivity contribution is 7.80. The molecule has 1 aromatic carbocycles. The third kappa shape index (κ3) is 5.84. The fourth-order valence-corrected chi connectivity index (χ4v) is 2.38. The average Bonchev–Trinajstić information content (AvgIpc) is 3.37. The summed E-state index contributed by atoms with van der Waals surface area (Å²) in [5.74, 6) is -0.524. The van der Waals surface area contributed by atoms with Crippen molar-refractivity contribution in [3.63, 3.8) is 0 Å². The molecule has 0 radical (unpaired) electrons. The van der Waals surface area contributed by atoms with E-state index < -0.39 is 10.8 Å². The lowest BCUT2D eigenvalue weighted by atomic mass is 10.1. The topological polar surface area (TPSA) is 118 Å². The van der Waals surface area contributed by atoms with Crippen LogP contribution in [0.25, 0.3) is 0 Å². The summed E-state index contributed by atoms with van der Waals surface area (Å²) >= 11 is 5.04. The number of methoxy groups -OCH3 is 1. The zero-order chi connectivity index (χ0) is 18.4. The van der Waals surface area contributed by atoms with Gasteiger partial charge in [0.25, 0.3) is 11.6 Å². The highest BCUT2D eigenvalue weighted by Gasteiger charge is 2.25. The Labute approximate surface area is 150 Å². The van der Waals surface area contributed by atoms with Crippen LogP contribution in [0.4, 0.5) is 11.4 Å². The number of hydrogen-bond acceptors (Lipinski definition) is 6. The molecular formula is C15H21N5O4S. The predicted molar refractivity (Wildman–Crippen MR) is 97.4 cm³/mol. The van der Waals surface area contributed by atoms with Gasteiger partial charge in [-0.1, -0.05) is 0 Å². The molecule has 1 saturated carbocycles. The third-order valence-electron chi connectivity index (χ3n) is 3.48. The Kier molecular flexibility index (Phi) is 6.48. The Bertz CT molecular complexity index is 665. The molecule has 0 unspecified atom stereocenters. The number of thiocarbonyl (C=S) groups is 1. The van der Waals surface area contributed by atoms with E-state index in [1.54, 1.807) is 13.2 Å². The van der Waals surface area contributed by atoms with Crippen LogP contribution < -0.4 is 21.5 Å². The monoisotopic (exact) mass is 367 g/mol. The number of nitrogens with one attached hydrogen (secondary N) is 4. The second-order valence-electron chi connectivity index (χ2n) is 5.82. The first-order chi connectivity index (χ1) is 11.9. The lowest BCUT2D eigenvalue weighted by Gasteiger charge is -2.16. The van der Waals surface area contributed by atoms with Gasteiger partial charge >= 0.3 is 0 Å². The van der Waals surface area contributed by atoms with E-state index >= 15 is 0 Å². The van der Waals surface area contributed by atoms with Crippen molar-refractivity contribution in [1.29, 1.82) is 0 Å². The summed E-state index contributed by atoms with van der Waals surface area (Å²) in [6.07, 6.45) is 1.99. The molecular weight excluding hydrogens is 346 g/mol. The van der Waals surface area contributed by atoms with Crippen LogP contribution in [-0.2, 0) is 4.74 Å². The van der Waals surface area contributed by atoms with E-state index in [0.717, 1.165) is 12.8 Å². The molecule has 0 spiro atoms. The van der Waals surface area contributed by atoms with Crippen molar-refractivity contribution in [3.05, 3.63) is 33.9 Å². The van der Waals surface area contributed by atoms with Gasteiger partial charge in [-0.05, 0) is 44.1 Å². The molecule has 0 aliphatic heterocycles. The van der Waals surface area contributed by atoms with Crippen molar-refractivity contribution in [3.8, 4) is 0 Å². The highest BCUT2D eigenvalue weighted by Crippen LogP contribution is 2.31. The molecule has 136 valence electrons. The van der Waals surface area contributed by atoms with Gasteiger partial charge in [0.1, 0.15) is 5.69 Å². The molecule has 1 fully saturated rings. The number of carbonyl (C=O) groups is 1. The lowest BCUT2D eigenvalue weighted by molar-refractivity contribution is -0.384. The maximum Gasteiger partial charge on any atom is 0.293 e. The average molecular weight is 367 g/mol. The second-order valence-corrected chi connectivity index (χ2v) is 6.22. The number of amides is 1. The van der Waals surface area contributed by atoms with Gasteiger partial charge in [0.05, 0.1) is 11.5 Å². The number of carbonyl (C=O) groups excluding carboxylic acids is 1. The summed E-state index contributed by atoms with van der Waals surface area (Å²) < 4.78 is 4.97. The van der Waals surface area contributed by atoms with Gasteiger partial charge in [0.15, 0.2) is 5.11 Å². The Balaban J connectivity index is 1.95. The molecule has 1 aliphatic rings. The number of hydrogen-bond donors (Lipinski definition) is 4. The first-order valence-corrected chi connectivity index (χ1v) is 8.22. The van der Waals surface area contributed by atoms with E-state index in [2.05, 4.69) is 21.5 Å². The minimum absolute atomic E-state index is 0.0317. The standard InChI is InChI=1S/C15H21N5O4S/c1-9(8-24-2)16-15(25)19-18-14(21)10-3-6-12(17-11-4-5-11)13(7-10)20(22)23/h3,6-7,9,11,17H,4-5,8H2,1-2H3,(H,18,21)(H2,16,19,25)/t9-/m1/s1. The molecule has 0 aromatic heterocycles. The summed E-state index contributed by atoms with van der Waals surface area (Å²) in [5.41, 5.74) is 5.41. The van der Waals surface area contributed by atoms with Crippen LogP contribution in [-0.4, -0.2) is 41.7 Å². The number of nitro groups is 1. The van der Waals surface area contributed by atoms with E-state index in [-0.39, 0.29) is 28.4 Å². The molecule has 1 atom stereocenters. The van der Waals surface area contributed by atoms with E-state index in [1.807, 2.05) is 6.92 Å². The Hall–Kier alpha value is -2.46. The molecule has 2 rings (SSSR count). The van der Waals surface area contributed by atoms with Crippen LogP contribution in [0.1, 0.15) is 30.1 Å². The summed E-state index contributed by atoms with van der Waals surface area (Å²) in [6, 6.07) is 4.56. The molecule has 0 heterocycles. The molecule has 1 aromatic rings. The normalized spacial score (nSPS) is 14.3. The number of nitro benzene ring substituents is 1. The van der Waals surface area contributed by atoms with Crippen molar-refractivity contribution < 1.29 is 14.5 Å². The van der Waals surface area contributed by atoms with Crippen molar-refractivity contribution in [2.24, 2.45) is 0 Å². The third-order valence-corrected chi connectivity index (χ3v) is 3.70. The van der Waals surface area contributed by atoms with Gasteiger partial charge in [-0.25, -0.2) is 0 Å². The predicted octanol–water partition coefficient (Wildman–Crippen LogP) is 1.31. The molecule has 1 aliphatic carbocycles. The maximum absolute atomic E-state index is 12.2. The molecule has 25 heavy (non-hydrogen) atoms. The van der Waals surface area contributed by atoms with Gasteiger partial charge in [-0.15, -0.1) is 0 Å². The van der Waals surface area contributed by atoms with E-state index in [4.69, 9.17) is 17.0 Å². The van der Waals surface area contributed by atoms with Crippen LogP contribution >= 0.6 is 12.2 Å². The molecule has 1 amide bonds. The van der Waals surface area contributed by atoms with Crippen LogP contribution in [0.5, 0.6) is 0 Å². The van der Waals surface area contributed by atoms with Gasteiger partial charge < -0.3 is 15.4 Å². The van der Waals surface area contributed by atoms with Gasteiger partial charge in [0, 0.05) is 30.8 Å². The number of hydrazine groups is 1. The first-order valence-electron chi connectivity index (χ1n) is 7.81. The first kappa shape index (κ1) is 18.9. The minimum atomic E-state index is -0.524. The van der Waals surface area contributed by atoms with Gasteiger partial charge in [-0.2, -0.15) is 0 Å². The number of benzene rings is 1. The van der Waals surface area contributed by atoms with Crippen LogP contribution in [0.3, 0.4) is 0 Å². The van der Waals surface area contributed by atoms with Crippen molar-refractivity contribution >= 4 is 34.6 Å². The number of anilines is 1. The Morgan fingerprint density at radius 3 is 2.76 bits per heavy atom. The van der Waals surface area contributed by atoms with Crippen molar-refractivity contribution in [2.75, 3.05) is 19.0 Å². The summed E-state index contributed by atoms with van der Waals surface area (Å²) in [7, 11) is 1.57. The maximum atomic E-state index is 12.2. The summed E-state index contributed by atoms with van der Waals surface area (Å²) in [5, 5.41) is 17.4.